The van der Waals surface area contributed by atoms with Crippen molar-refractivity contribution in [3.8, 4) is 16.9 Å². The molecule has 0 fully saturated rings. The number of hydrogen-bond acceptors (Lipinski definition) is 7. The molecule has 1 N–H and O–H groups in total. The van der Waals surface area contributed by atoms with Crippen LogP contribution < -0.4 is 9.74 Å². The van der Waals surface area contributed by atoms with Crippen LogP contribution >= 0.6 is 0 Å². The Labute approximate surface area is 193 Å². The van der Waals surface area contributed by atoms with E-state index >= 15 is 0 Å². The molecule has 14 heteroatoms. The number of aromatic nitrogens is 2. The van der Waals surface area contributed by atoms with Gasteiger partial charge in [0.15, 0.2) is 0 Å². The summed E-state index contributed by atoms with van der Waals surface area (Å²) in [7, 11) is -9.43. The van der Waals surface area contributed by atoms with Gasteiger partial charge in [0, 0.05) is 6.20 Å². The summed E-state index contributed by atoms with van der Waals surface area (Å²) in [6, 6.07) is 9.97. The summed E-state index contributed by atoms with van der Waals surface area (Å²) in [4.78, 5) is 17.6. The summed E-state index contributed by atoms with van der Waals surface area (Å²) >= 11 is 0. The number of halogens is 3. The summed E-state index contributed by atoms with van der Waals surface area (Å²) in [5.41, 5.74) is -4.07. The summed E-state index contributed by atoms with van der Waals surface area (Å²) in [5, 5.41) is 0. The molecule has 0 radical (unpaired) electrons. The zero-order valence-corrected chi connectivity index (χ0v) is 19.6. The second-order valence-corrected chi connectivity index (χ2v) is 10.0. The van der Waals surface area contributed by atoms with Gasteiger partial charge in [0.05, 0.1) is 17.5 Å². The number of fused-ring (bicyclic) bond motifs is 1. The van der Waals surface area contributed by atoms with E-state index in [1.807, 2.05) is 6.92 Å². The van der Waals surface area contributed by atoms with Crippen molar-refractivity contribution in [2.75, 3.05) is 6.26 Å². The summed E-state index contributed by atoms with van der Waals surface area (Å²) < 4.78 is 91.0. The number of hydrogen-bond donors (Lipinski definition) is 1. The minimum atomic E-state index is -5.76. The number of aryl methyl sites for hydroxylation is 1. The third-order valence-corrected chi connectivity index (χ3v) is 5.19. The van der Waals surface area contributed by atoms with E-state index in [9.17, 15) is 34.8 Å². The van der Waals surface area contributed by atoms with E-state index in [0.29, 0.717) is 35.1 Å². The molecule has 0 aliphatic carbocycles. The smallest absolute Gasteiger partial charge is 0.376 e. The van der Waals surface area contributed by atoms with Gasteiger partial charge < -0.3 is 4.18 Å². The molecule has 9 nitrogen and oxygen atoms in total. The number of nitrogens with zero attached hydrogens (tertiary/aromatic N) is 2. The first-order valence-electron chi connectivity index (χ1n) is 9.68. The lowest BCUT2D eigenvalue weighted by atomic mass is 10.0. The fourth-order valence-corrected chi connectivity index (χ4v) is 3.26. The minimum Gasteiger partial charge on any atom is -0.376 e. The molecule has 0 saturated carbocycles. The van der Waals surface area contributed by atoms with Crippen LogP contribution in [0.3, 0.4) is 0 Å². The second-order valence-electron chi connectivity index (χ2n) is 7.01. The molecule has 0 spiro atoms. The topological polar surface area (TPSA) is 132 Å². The Morgan fingerprint density at radius 1 is 1.06 bits per heavy atom. The maximum absolute atomic E-state index is 13.0. The largest absolute Gasteiger partial charge is 0.534 e. The van der Waals surface area contributed by atoms with Crippen LogP contribution in [-0.2, 0) is 26.7 Å². The molecule has 0 aliphatic rings. The van der Waals surface area contributed by atoms with Crippen molar-refractivity contribution in [1.82, 2.24) is 9.38 Å². The Kier molecular flexibility index (Phi) is 8.45. The number of pyridine rings is 1. The predicted octanol–water partition coefficient (Wildman–Crippen LogP) is 3.44. The van der Waals surface area contributed by atoms with Crippen LogP contribution in [0.1, 0.15) is 25.5 Å². The van der Waals surface area contributed by atoms with Crippen LogP contribution in [0.15, 0.2) is 53.5 Å². The number of unbranched alkanes of at least 4 members (excludes halogenated alkanes) is 1. The molecule has 2 aromatic heterocycles. The van der Waals surface area contributed by atoms with Crippen molar-refractivity contribution in [3.63, 3.8) is 0 Å². The van der Waals surface area contributed by atoms with E-state index in [-0.39, 0.29) is 5.56 Å². The Balaban J connectivity index is 0.000000739. The SMILES string of the molecule is CCCCc1nc2ccccn2c(=O)c1-c1ccc(OS(=O)(=O)C(F)(F)F)cc1.CS(=O)(=O)O. The Hall–Kier alpha value is -2.97. The van der Waals surface area contributed by atoms with Crippen LogP contribution in [0.4, 0.5) is 13.2 Å². The van der Waals surface area contributed by atoms with Gasteiger partial charge in [0.25, 0.3) is 15.7 Å². The van der Waals surface area contributed by atoms with Gasteiger partial charge in [0.1, 0.15) is 11.4 Å². The minimum absolute atomic E-state index is 0.312. The molecule has 0 atom stereocenters. The molecule has 0 unspecified atom stereocenters. The third-order valence-electron chi connectivity index (χ3n) is 4.21. The van der Waals surface area contributed by atoms with Crippen LogP contribution in [0.2, 0.25) is 0 Å². The maximum Gasteiger partial charge on any atom is 0.534 e. The predicted molar refractivity (Wildman–Crippen MR) is 119 cm³/mol. The van der Waals surface area contributed by atoms with Crippen molar-refractivity contribution in [3.05, 3.63) is 64.7 Å². The summed E-state index contributed by atoms with van der Waals surface area (Å²) in [6.45, 7) is 2.00. The van der Waals surface area contributed by atoms with E-state index < -0.39 is 31.5 Å². The highest BCUT2D eigenvalue weighted by molar-refractivity contribution is 7.88. The van der Waals surface area contributed by atoms with Crippen LogP contribution in [0.5, 0.6) is 5.75 Å². The zero-order chi connectivity index (χ0) is 25.7. The second kappa shape index (κ2) is 10.5. The highest BCUT2D eigenvalue weighted by Crippen LogP contribution is 2.29. The van der Waals surface area contributed by atoms with E-state index in [0.717, 1.165) is 25.0 Å². The molecular weight excluding hydrogens is 501 g/mol. The third kappa shape index (κ3) is 7.27. The van der Waals surface area contributed by atoms with E-state index in [2.05, 4.69) is 9.17 Å². The Morgan fingerprint density at radius 3 is 2.18 bits per heavy atom. The lowest BCUT2D eigenvalue weighted by molar-refractivity contribution is -0.0500. The molecule has 2 heterocycles. The average Bonchev–Trinajstić information content (AvgIpc) is 2.71. The fourth-order valence-electron chi connectivity index (χ4n) is 2.80. The zero-order valence-electron chi connectivity index (χ0n) is 18.0. The molecule has 3 aromatic rings. The van der Waals surface area contributed by atoms with Crippen LogP contribution in [0.25, 0.3) is 16.8 Å². The van der Waals surface area contributed by atoms with Gasteiger partial charge in [-0.2, -0.15) is 30.0 Å². The lowest BCUT2D eigenvalue weighted by Gasteiger charge is -2.12. The first-order valence-corrected chi connectivity index (χ1v) is 12.9. The number of alkyl halides is 3. The van der Waals surface area contributed by atoms with E-state index in [1.54, 1.807) is 24.4 Å². The van der Waals surface area contributed by atoms with Crippen molar-refractivity contribution < 1.29 is 38.7 Å². The highest BCUT2D eigenvalue weighted by atomic mass is 32.2. The number of benzene rings is 1. The highest BCUT2D eigenvalue weighted by Gasteiger charge is 2.48. The van der Waals surface area contributed by atoms with Crippen molar-refractivity contribution >= 4 is 25.9 Å². The molecule has 0 amide bonds. The van der Waals surface area contributed by atoms with Crippen molar-refractivity contribution in [2.45, 2.75) is 31.7 Å². The molecular formula is C20H21F3N2O7S2. The van der Waals surface area contributed by atoms with Gasteiger partial charge in [0.2, 0.25) is 0 Å². The molecule has 1 aromatic carbocycles. The molecule has 0 aliphatic heterocycles. The fraction of sp³-hybridized carbons (Fsp3) is 0.300. The van der Waals surface area contributed by atoms with Crippen LogP contribution in [0, 0.1) is 0 Å². The first kappa shape index (κ1) is 27.3. The van der Waals surface area contributed by atoms with Gasteiger partial charge in [-0.3, -0.25) is 13.7 Å². The van der Waals surface area contributed by atoms with E-state index in [1.165, 1.54) is 16.5 Å². The molecule has 186 valence electrons. The molecule has 3 rings (SSSR count). The molecule has 0 bridgehead atoms. The van der Waals surface area contributed by atoms with Crippen molar-refractivity contribution in [2.24, 2.45) is 0 Å². The Bertz CT molecular complexity index is 1410. The molecule has 0 saturated heterocycles. The average molecular weight is 523 g/mol. The standard InChI is InChI=1S/C19H17F3N2O4S.CH4O3S/c1-2-3-6-15-17(18(25)24-12-5-4-7-16(24)23-15)13-8-10-14(11-9-13)28-29(26,27)19(20,21)22;1-5(2,3)4/h4-5,7-12H,2-3,6H2,1H3;1H3,(H,2,3,4). The quantitative estimate of drug-likeness (QED) is 0.296. The van der Waals surface area contributed by atoms with Gasteiger partial charge >= 0.3 is 15.6 Å². The lowest BCUT2D eigenvalue weighted by Crippen LogP contribution is -2.28. The first-order chi connectivity index (χ1) is 15.6. The van der Waals surface area contributed by atoms with Gasteiger partial charge in [-0.05, 0) is 42.7 Å². The van der Waals surface area contributed by atoms with Crippen LogP contribution in [-0.4, -0.2) is 42.5 Å². The van der Waals surface area contributed by atoms with E-state index in [4.69, 9.17) is 4.55 Å². The van der Waals surface area contributed by atoms with Gasteiger partial charge in [-0.15, -0.1) is 0 Å². The van der Waals surface area contributed by atoms with Crippen molar-refractivity contribution in [1.29, 1.82) is 0 Å². The maximum atomic E-state index is 13.0. The normalized spacial score (nSPS) is 12.2. The van der Waals surface area contributed by atoms with Gasteiger partial charge in [-0.1, -0.05) is 31.5 Å². The molecule has 34 heavy (non-hydrogen) atoms. The summed E-state index contributed by atoms with van der Waals surface area (Å²) in [5.74, 6) is -0.505. The monoisotopic (exact) mass is 522 g/mol. The summed E-state index contributed by atoms with van der Waals surface area (Å²) in [6.07, 6.45) is 4.52. The Morgan fingerprint density at radius 2 is 1.65 bits per heavy atom. The van der Waals surface area contributed by atoms with Gasteiger partial charge in [-0.25, -0.2) is 4.98 Å². The number of rotatable bonds is 6.